The number of hydrogen-bond acceptors (Lipinski definition) is 2. The van der Waals surface area contributed by atoms with Gasteiger partial charge in [-0.3, -0.25) is 0 Å². The average molecular weight is 187 g/mol. The van der Waals surface area contributed by atoms with Gasteiger partial charge in [0.2, 0.25) is 0 Å². The highest BCUT2D eigenvalue weighted by Crippen LogP contribution is 2.17. The maximum Gasteiger partial charge on any atom is 0.0718 e. The predicted octanol–water partition coefficient (Wildman–Crippen LogP) is 1.98. The molecular formula is C11H25NO. The second kappa shape index (κ2) is 5.61. The van der Waals surface area contributed by atoms with E-state index in [1.165, 1.54) is 0 Å². The second-order valence-electron chi connectivity index (χ2n) is 4.90. The molecule has 0 aliphatic rings. The van der Waals surface area contributed by atoms with Crippen LogP contribution in [0.25, 0.3) is 0 Å². The molecule has 0 saturated carbocycles. The van der Waals surface area contributed by atoms with Crippen molar-refractivity contribution in [1.29, 1.82) is 0 Å². The average Bonchev–Trinajstić information content (AvgIpc) is 1.97. The predicted molar refractivity (Wildman–Crippen MR) is 57.8 cm³/mol. The van der Waals surface area contributed by atoms with Crippen molar-refractivity contribution in [3.8, 4) is 0 Å². The number of aliphatic hydroxyl groups excluding tert-OH is 1. The smallest absolute Gasteiger partial charge is 0.0718 e. The van der Waals surface area contributed by atoms with Crippen molar-refractivity contribution < 1.29 is 5.11 Å². The molecule has 0 spiro atoms. The molecule has 2 heteroatoms. The fourth-order valence-corrected chi connectivity index (χ4v) is 1.58. The van der Waals surface area contributed by atoms with E-state index < -0.39 is 0 Å². The van der Waals surface area contributed by atoms with Crippen LogP contribution in [0.3, 0.4) is 0 Å². The Morgan fingerprint density at radius 2 is 1.54 bits per heavy atom. The summed E-state index contributed by atoms with van der Waals surface area (Å²) in [6, 6.07) is 0.292. The zero-order valence-corrected chi connectivity index (χ0v) is 9.91. The zero-order chi connectivity index (χ0) is 10.6. The molecule has 0 radical (unpaired) electrons. The van der Waals surface area contributed by atoms with Crippen LogP contribution in [-0.4, -0.2) is 36.2 Å². The van der Waals surface area contributed by atoms with Crippen LogP contribution in [0.15, 0.2) is 0 Å². The largest absolute Gasteiger partial charge is 0.391 e. The van der Waals surface area contributed by atoms with Crippen LogP contribution < -0.4 is 0 Å². The van der Waals surface area contributed by atoms with Crippen molar-refractivity contribution in [2.75, 3.05) is 14.1 Å². The molecule has 2 nitrogen and oxygen atoms in total. The van der Waals surface area contributed by atoms with Crippen molar-refractivity contribution in [3.05, 3.63) is 0 Å². The number of rotatable bonds is 5. The lowest BCUT2D eigenvalue weighted by atomic mass is 9.92. The van der Waals surface area contributed by atoms with E-state index in [0.717, 1.165) is 6.42 Å². The molecular weight excluding hydrogens is 162 g/mol. The molecule has 0 aromatic rings. The van der Waals surface area contributed by atoms with Crippen LogP contribution in [0.5, 0.6) is 0 Å². The van der Waals surface area contributed by atoms with Gasteiger partial charge >= 0.3 is 0 Å². The maximum atomic E-state index is 9.96. The Labute approximate surface area is 82.9 Å². The Hall–Kier alpha value is -0.0800. The lowest BCUT2D eigenvalue weighted by Gasteiger charge is -2.32. The molecule has 0 heterocycles. The van der Waals surface area contributed by atoms with Gasteiger partial charge in [-0.2, -0.15) is 0 Å². The van der Waals surface area contributed by atoms with Crippen LogP contribution in [0.1, 0.15) is 34.1 Å². The second-order valence-corrected chi connectivity index (χ2v) is 4.90. The van der Waals surface area contributed by atoms with E-state index in [1.807, 2.05) is 14.1 Å². The summed E-state index contributed by atoms with van der Waals surface area (Å²) in [5.41, 5.74) is 0. The summed E-state index contributed by atoms with van der Waals surface area (Å²) < 4.78 is 0. The van der Waals surface area contributed by atoms with E-state index in [2.05, 4.69) is 32.6 Å². The first-order valence-corrected chi connectivity index (χ1v) is 5.20. The molecule has 0 fully saturated rings. The highest BCUT2D eigenvalue weighted by Gasteiger charge is 2.24. The third-order valence-electron chi connectivity index (χ3n) is 2.45. The normalized spacial score (nSPS) is 17.1. The fourth-order valence-electron chi connectivity index (χ4n) is 1.58. The van der Waals surface area contributed by atoms with Gasteiger partial charge in [-0.25, -0.2) is 0 Å². The third kappa shape index (κ3) is 4.63. The van der Waals surface area contributed by atoms with Gasteiger partial charge in [0, 0.05) is 6.04 Å². The van der Waals surface area contributed by atoms with E-state index in [9.17, 15) is 5.11 Å². The molecule has 0 aromatic carbocycles. The number of likely N-dealkylation sites (N-methyl/N-ethyl adjacent to an activating group) is 1. The minimum Gasteiger partial charge on any atom is -0.391 e. The van der Waals surface area contributed by atoms with Gasteiger partial charge < -0.3 is 10.0 Å². The summed E-state index contributed by atoms with van der Waals surface area (Å²) in [7, 11) is 4.08. The van der Waals surface area contributed by atoms with Crippen molar-refractivity contribution in [2.45, 2.75) is 46.3 Å². The van der Waals surface area contributed by atoms with Gasteiger partial charge in [0.1, 0.15) is 0 Å². The Kier molecular flexibility index (Phi) is 5.57. The molecule has 0 aliphatic heterocycles. The van der Waals surface area contributed by atoms with Crippen LogP contribution in [0.4, 0.5) is 0 Å². The van der Waals surface area contributed by atoms with Crippen LogP contribution in [0.2, 0.25) is 0 Å². The highest BCUT2D eigenvalue weighted by atomic mass is 16.3. The summed E-state index contributed by atoms with van der Waals surface area (Å²) in [6.45, 7) is 8.54. The fraction of sp³-hybridized carbons (Fsp3) is 1.00. The third-order valence-corrected chi connectivity index (χ3v) is 2.45. The zero-order valence-electron chi connectivity index (χ0n) is 9.91. The summed E-state index contributed by atoms with van der Waals surface area (Å²) in [5, 5.41) is 9.96. The van der Waals surface area contributed by atoms with E-state index in [-0.39, 0.29) is 6.10 Å². The monoisotopic (exact) mass is 187 g/mol. The van der Waals surface area contributed by atoms with Crippen molar-refractivity contribution in [2.24, 2.45) is 11.8 Å². The van der Waals surface area contributed by atoms with E-state index in [1.54, 1.807) is 0 Å². The molecule has 0 saturated heterocycles. The summed E-state index contributed by atoms with van der Waals surface area (Å²) in [6.07, 6.45) is 0.851. The van der Waals surface area contributed by atoms with Crippen LogP contribution in [0, 0.1) is 11.8 Å². The highest BCUT2D eigenvalue weighted by molar-refractivity contribution is 4.78. The molecule has 13 heavy (non-hydrogen) atoms. The first-order valence-electron chi connectivity index (χ1n) is 5.20. The molecule has 0 aromatic heterocycles. The minimum absolute atomic E-state index is 0.211. The van der Waals surface area contributed by atoms with Crippen molar-refractivity contribution >= 4 is 0 Å². The molecule has 0 amide bonds. The van der Waals surface area contributed by atoms with Gasteiger partial charge in [0.05, 0.1) is 6.10 Å². The molecule has 0 aliphatic carbocycles. The number of aliphatic hydroxyl groups is 1. The molecule has 1 unspecified atom stereocenters. The lowest BCUT2D eigenvalue weighted by molar-refractivity contribution is 0.0310. The quantitative estimate of drug-likeness (QED) is 0.711. The van der Waals surface area contributed by atoms with Gasteiger partial charge in [0.25, 0.3) is 0 Å². The standard InChI is InChI=1S/C11H25NO/c1-8(2)7-10(12(5)6)11(13)9(3)4/h8-11,13H,7H2,1-6H3/t10?,11-/m0/s1. The Morgan fingerprint density at radius 1 is 1.08 bits per heavy atom. The first kappa shape index (κ1) is 12.9. The van der Waals surface area contributed by atoms with Gasteiger partial charge in [-0.1, -0.05) is 27.7 Å². The SMILES string of the molecule is CC(C)CC([C@@H](O)C(C)C)N(C)C. The first-order chi connectivity index (χ1) is 5.86. The number of hydrogen-bond donors (Lipinski definition) is 1. The summed E-state index contributed by atoms with van der Waals surface area (Å²) in [5.74, 6) is 0.979. The Balaban J connectivity index is 4.24. The lowest BCUT2D eigenvalue weighted by Crippen LogP contribution is -2.42. The van der Waals surface area contributed by atoms with E-state index in [4.69, 9.17) is 0 Å². The molecule has 0 bridgehead atoms. The molecule has 0 rings (SSSR count). The molecule has 1 N–H and O–H groups in total. The van der Waals surface area contributed by atoms with Gasteiger partial charge in [-0.05, 0) is 32.4 Å². The Morgan fingerprint density at radius 3 is 1.77 bits per heavy atom. The Bertz CT molecular complexity index is 132. The van der Waals surface area contributed by atoms with Crippen LogP contribution in [-0.2, 0) is 0 Å². The topological polar surface area (TPSA) is 23.5 Å². The minimum atomic E-state index is -0.211. The van der Waals surface area contributed by atoms with E-state index in [0.29, 0.717) is 17.9 Å². The maximum absolute atomic E-state index is 9.96. The summed E-state index contributed by atoms with van der Waals surface area (Å²) >= 11 is 0. The van der Waals surface area contributed by atoms with Crippen LogP contribution >= 0.6 is 0 Å². The van der Waals surface area contributed by atoms with Gasteiger partial charge in [0.15, 0.2) is 0 Å². The van der Waals surface area contributed by atoms with E-state index >= 15 is 0 Å². The summed E-state index contributed by atoms with van der Waals surface area (Å²) in [4.78, 5) is 2.13. The molecule has 2 atom stereocenters. The van der Waals surface area contributed by atoms with Crippen molar-refractivity contribution in [1.82, 2.24) is 4.90 Å². The van der Waals surface area contributed by atoms with Gasteiger partial charge in [-0.15, -0.1) is 0 Å². The number of nitrogens with zero attached hydrogens (tertiary/aromatic N) is 1. The molecule has 80 valence electrons. The van der Waals surface area contributed by atoms with Crippen molar-refractivity contribution in [3.63, 3.8) is 0 Å².